The van der Waals surface area contributed by atoms with Crippen molar-refractivity contribution in [2.75, 3.05) is 16.6 Å². The molecule has 112 valence electrons. The molecule has 0 spiro atoms. The van der Waals surface area contributed by atoms with Crippen molar-refractivity contribution in [2.45, 2.75) is 18.7 Å². The number of aryl methyl sites for hydroxylation is 1. The van der Waals surface area contributed by atoms with Gasteiger partial charge in [-0.2, -0.15) is 0 Å². The molecular formula is C15H17ClN2O2S. The zero-order chi connectivity index (χ0) is 15.6. The van der Waals surface area contributed by atoms with Crippen molar-refractivity contribution in [3.05, 3.63) is 53.1 Å². The molecule has 0 fully saturated rings. The molecule has 0 aliphatic rings. The van der Waals surface area contributed by atoms with Crippen LogP contribution in [-0.2, 0) is 10.0 Å². The van der Waals surface area contributed by atoms with Crippen LogP contribution >= 0.6 is 11.6 Å². The summed E-state index contributed by atoms with van der Waals surface area (Å²) >= 11 is 6.04. The van der Waals surface area contributed by atoms with Crippen LogP contribution in [-0.4, -0.2) is 15.0 Å². The van der Waals surface area contributed by atoms with Gasteiger partial charge in [-0.25, -0.2) is 8.42 Å². The summed E-state index contributed by atoms with van der Waals surface area (Å²) in [5.74, 6) is 0. The minimum absolute atomic E-state index is 0.0209. The first kappa shape index (κ1) is 15.7. The second kappa shape index (κ2) is 5.95. The monoisotopic (exact) mass is 324 g/mol. The molecule has 0 amide bonds. The number of nitrogens with zero attached hydrogens (tertiary/aromatic N) is 1. The standard InChI is InChI=1S/C15H17ClN2O2S/c1-3-18(13-6-4-5-11(2)9-13)21(19,20)15-10-12(17)7-8-14(15)16/h4-10H,3,17H2,1-2H3. The zero-order valence-corrected chi connectivity index (χ0v) is 13.4. The summed E-state index contributed by atoms with van der Waals surface area (Å²) in [6.45, 7) is 3.99. The maximum absolute atomic E-state index is 12.8. The van der Waals surface area contributed by atoms with E-state index in [1.54, 1.807) is 19.1 Å². The Morgan fingerprint density at radius 2 is 1.90 bits per heavy atom. The van der Waals surface area contributed by atoms with Gasteiger partial charge in [0.15, 0.2) is 0 Å². The number of anilines is 2. The Balaban J connectivity index is 2.57. The molecule has 2 rings (SSSR count). The van der Waals surface area contributed by atoms with Crippen molar-refractivity contribution >= 4 is 33.0 Å². The second-order valence-electron chi connectivity index (χ2n) is 4.70. The molecule has 0 heterocycles. The van der Waals surface area contributed by atoms with Crippen molar-refractivity contribution in [2.24, 2.45) is 0 Å². The lowest BCUT2D eigenvalue weighted by atomic mass is 10.2. The third-order valence-electron chi connectivity index (χ3n) is 3.10. The van der Waals surface area contributed by atoms with E-state index in [1.807, 2.05) is 25.1 Å². The van der Waals surface area contributed by atoms with Gasteiger partial charge in [-0.15, -0.1) is 0 Å². The highest BCUT2D eigenvalue weighted by Crippen LogP contribution is 2.30. The lowest BCUT2D eigenvalue weighted by Gasteiger charge is -2.24. The highest BCUT2D eigenvalue weighted by atomic mass is 35.5. The molecule has 2 aromatic rings. The van der Waals surface area contributed by atoms with Crippen LogP contribution in [0.2, 0.25) is 5.02 Å². The number of hydrogen-bond acceptors (Lipinski definition) is 3. The Morgan fingerprint density at radius 1 is 1.19 bits per heavy atom. The van der Waals surface area contributed by atoms with Crippen molar-refractivity contribution in [3.63, 3.8) is 0 Å². The smallest absolute Gasteiger partial charge is 0.265 e. The number of benzene rings is 2. The van der Waals surface area contributed by atoms with E-state index in [4.69, 9.17) is 17.3 Å². The van der Waals surface area contributed by atoms with E-state index in [0.29, 0.717) is 17.9 Å². The van der Waals surface area contributed by atoms with Crippen LogP contribution in [0.4, 0.5) is 11.4 Å². The fraction of sp³-hybridized carbons (Fsp3) is 0.200. The fourth-order valence-corrected chi connectivity index (χ4v) is 4.09. The topological polar surface area (TPSA) is 63.4 Å². The molecule has 0 aliphatic heterocycles. The zero-order valence-electron chi connectivity index (χ0n) is 11.9. The number of halogens is 1. The molecule has 0 radical (unpaired) electrons. The summed E-state index contributed by atoms with van der Waals surface area (Å²) in [6, 6.07) is 11.8. The van der Waals surface area contributed by atoms with Gasteiger partial charge >= 0.3 is 0 Å². The molecule has 0 unspecified atom stereocenters. The Kier molecular flexibility index (Phi) is 4.44. The molecule has 0 atom stereocenters. The molecular weight excluding hydrogens is 308 g/mol. The normalized spacial score (nSPS) is 11.4. The molecule has 4 nitrogen and oxygen atoms in total. The van der Waals surface area contributed by atoms with E-state index in [9.17, 15) is 8.42 Å². The minimum atomic E-state index is -3.75. The summed E-state index contributed by atoms with van der Waals surface area (Å²) in [5.41, 5.74) is 7.64. The molecule has 21 heavy (non-hydrogen) atoms. The summed E-state index contributed by atoms with van der Waals surface area (Å²) in [5, 5.41) is 0.162. The highest BCUT2D eigenvalue weighted by molar-refractivity contribution is 7.93. The third kappa shape index (κ3) is 3.14. The van der Waals surface area contributed by atoms with Gasteiger partial charge in [0, 0.05) is 12.2 Å². The van der Waals surface area contributed by atoms with Crippen LogP contribution in [0.25, 0.3) is 0 Å². The molecule has 0 aliphatic carbocycles. The summed E-state index contributed by atoms with van der Waals surface area (Å²) in [4.78, 5) is 0.0209. The van der Waals surface area contributed by atoms with Gasteiger partial charge in [0.05, 0.1) is 10.7 Å². The molecule has 6 heteroatoms. The average molecular weight is 325 g/mol. The molecule has 0 bridgehead atoms. The predicted molar refractivity (Wildman–Crippen MR) is 87.2 cm³/mol. The molecule has 0 saturated heterocycles. The van der Waals surface area contributed by atoms with Crippen molar-refractivity contribution < 1.29 is 8.42 Å². The second-order valence-corrected chi connectivity index (χ2v) is 6.94. The SMILES string of the molecule is CCN(c1cccc(C)c1)S(=O)(=O)c1cc(N)ccc1Cl. The maximum atomic E-state index is 12.8. The Bertz CT molecular complexity index is 760. The van der Waals surface area contributed by atoms with E-state index < -0.39 is 10.0 Å². The number of hydrogen-bond donors (Lipinski definition) is 1. The van der Waals surface area contributed by atoms with Gasteiger partial charge in [0.25, 0.3) is 10.0 Å². The lowest BCUT2D eigenvalue weighted by Crippen LogP contribution is -2.31. The minimum Gasteiger partial charge on any atom is -0.399 e. The Hall–Kier alpha value is -1.72. The number of rotatable bonds is 4. The Labute approximate surface area is 130 Å². The first-order valence-corrected chi connectivity index (χ1v) is 8.32. The summed E-state index contributed by atoms with van der Waals surface area (Å²) in [6.07, 6.45) is 0. The van der Waals surface area contributed by atoms with Crippen molar-refractivity contribution in [1.29, 1.82) is 0 Å². The van der Waals surface area contributed by atoms with E-state index in [0.717, 1.165) is 5.56 Å². The maximum Gasteiger partial charge on any atom is 0.265 e. The number of nitrogens with two attached hydrogens (primary N) is 1. The van der Waals surface area contributed by atoms with Gasteiger partial charge < -0.3 is 5.73 Å². The largest absolute Gasteiger partial charge is 0.399 e. The highest BCUT2D eigenvalue weighted by Gasteiger charge is 2.26. The van der Waals surface area contributed by atoms with Crippen LogP contribution in [0.3, 0.4) is 0 Å². The van der Waals surface area contributed by atoms with Gasteiger partial charge in [-0.1, -0.05) is 23.7 Å². The van der Waals surface area contributed by atoms with Crippen molar-refractivity contribution in [1.82, 2.24) is 0 Å². The van der Waals surface area contributed by atoms with E-state index in [-0.39, 0.29) is 9.92 Å². The van der Waals surface area contributed by atoms with Crippen molar-refractivity contribution in [3.8, 4) is 0 Å². The van der Waals surface area contributed by atoms with Crippen LogP contribution in [0.1, 0.15) is 12.5 Å². The third-order valence-corrected chi connectivity index (χ3v) is 5.48. The first-order valence-electron chi connectivity index (χ1n) is 6.50. The first-order chi connectivity index (χ1) is 9.86. The van der Waals surface area contributed by atoms with Crippen LogP contribution in [0, 0.1) is 6.92 Å². The fourth-order valence-electron chi connectivity index (χ4n) is 2.11. The van der Waals surface area contributed by atoms with Gasteiger partial charge in [0.1, 0.15) is 4.90 Å². The van der Waals surface area contributed by atoms with Gasteiger partial charge in [-0.05, 0) is 49.7 Å². The quantitative estimate of drug-likeness (QED) is 0.876. The van der Waals surface area contributed by atoms with Crippen LogP contribution < -0.4 is 10.0 Å². The average Bonchev–Trinajstić information content (AvgIpc) is 2.42. The van der Waals surface area contributed by atoms with E-state index in [1.165, 1.54) is 16.4 Å². The molecule has 0 aromatic heterocycles. The van der Waals surface area contributed by atoms with E-state index in [2.05, 4.69) is 0 Å². The van der Waals surface area contributed by atoms with Gasteiger partial charge in [0.2, 0.25) is 0 Å². The van der Waals surface area contributed by atoms with Gasteiger partial charge in [-0.3, -0.25) is 4.31 Å². The number of sulfonamides is 1. The molecule has 2 aromatic carbocycles. The summed E-state index contributed by atoms with van der Waals surface area (Å²) in [7, 11) is -3.75. The molecule has 0 saturated carbocycles. The van der Waals surface area contributed by atoms with E-state index >= 15 is 0 Å². The predicted octanol–water partition coefficient (Wildman–Crippen LogP) is 3.45. The lowest BCUT2D eigenvalue weighted by molar-refractivity contribution is 0.592. The van der Waals surface area contributed by atoms with Crippen LogP contribution in [0.15, 0.2) is 47.4 Å². The summed E-state index contributed by atoms with van der Waals surface area (Å²) < 4.78 is 27.0. The number of nitrogen functional groups attached to an aromatic ring is 1. The Morgan fingerprint density at radius 3 is 2.52 bits per heavy atom. The molecule has 2 N–H and O–H groups in total. The van der Waals surface area contributed by atoms with Crippen LogP contribution in [0.5, 0.6) is 0 Å².